The Morgan fingerprint density at radius 2 is 1.69 bits per heavy atom. The number of amides is 2. The quantitative estimate of drug-likeness (QED) is 0.406. The smallest absolute Gasteiger partial charge is 0.255 e. The molecule has 4 rings (SSSR count). The molecule has 0 aromatic heterocycles. The fourth-order valence-electron chi connectivity index (χ4n) is 3.87. The molecule has 1 aliphatic heterocycles. The number of carbonyl (C=O) groups is 2. The van der Waals surface area contributed by atoms with Gasteiger partial charge in [0.15, 0.2) is 0 Å². The molecule has 0 unspecified atom stereocenters. The summed E-state index contributed by atoms with van der Waals surface area (Å²) < 4.78 is 0. The summed E-state index contributed by atoms with van der Waals surface area (Å²) in [5, 5.41) is 2.91. The van der Waals surface area contributed by atoms with Gasteiger partial charge in [-0.05, 0) is 60.4 Å². The van der Waals surface area contributed by atoms with E-state index in [1.165, 1.54) is 24.8 Å². The molecule has 1 N–H and O–H groups in total. The third-order valence-corrected chi connectivity index (χ3v) is 6.85. The second kappa shape index (κ2) is 10.5. The molecule has 0 radical (unpaired) electrons. The molecule has 1 saturated heterocycles. The van der Waals surface area contributed by atoms with Crippen molar-refractivity contribution in [2.75, 3.05) is 16.0 Å². The number of aryl methyl sites for hydroxylation is 1. The number of nitrogens with one attached hydrogen (secondary N) is 1. The van der Waals surface area contributed by atoms with Crippen LogP contribution in [0.1, 0.15) is 53.0 Å². The number of para-hydroxylation sites is 1. The molecule has 164 valence electrons. The summed E-state index contributed by atoms with van der Waals surface area (Å²) in [7, 11) is 0. The van der Waals surface area contributed by atoms with E-state index in [1.54, 1.807) is 11.8 Å². The molecule has 3 aromatic carbocycles. The Kier molecular flexibility index (Phi) is 7.28. The Morgan fingerprint density at radius 1 is 0.969 bits per heavy atom. The molecule has 3 aromatic rings. The van der Waals surface area contributed by atoms with Gasteiger partial charge in [-0.25, -0.2) is 0 Å². The number of hydrogen-bond donors (Lipinski definition) is 1. The topological polar surface area (TPSA) is 49.4 Å². The third-order valence-electron chi connectivity index (χ3n) is 5.64. The first-order valence-electron chi connectivity index (χ1n) is 11.1. The van der Waals surface area contributed by atoms with Crippen molar-refractivity contribution < 1.29 is 9.59 Å². The molecule has 0 spiro atoms. The van der Waals surface area contributed by atoms with Crippen molar-refractivity contribution in [1.29, 1.82) is 0 Å². The van der Waals surface area contributed by atoms with Crippen molar-refractivity contribution in [3.63, 3.8) is 0 Å². The normalized spacial score (nSPS) is 15.7. The second-order valence-corrected chi connectivity index (χ2v) is 9.06. The molecule has 1 atom stereocenters. The van der Waals surface area contributed by atoms with Gasteiger partial charge in [-0.2, -0.15) is 0 Å². The van der Waals surface area contributed by atoms with Crippen LogP contribution >= 0.6 is 11.8 Å². The number of thioether (sulfide) groups is 1. The van der Waals surface area contributed by atoms with Gasteiger partial charge in [-0.15, -0.1) is 11.8 Å². The Labute approximate surface area is 194 Å². The van der Waals surface area contributed by atoms with Gasteiger partial charge < -0.3 is 5.32 Å². The molecule has 1 heterocycles. The van der Waals surface area contributed by atoms with Crippen molar-refractivity contribution >= 4 is 35.0 Å². The molecule has 0 saturated carbocycles. The van der Waals surface area contributed by atoms with Crippen LogP contribution < -0.4 is 10.2 Å². The molecule has 5 heteroatoms. The number of unbranched alkanes of at least 4 members (excludes halogenated alkanes) is 2. The van der Waals surface area contributed by atoms with E-state index in [9.17, 15) is 9.59 Å². The van der Waals surface area contributed by atoms with Crippen LogP contribution in [0.3, 0.4) is 0 Å². The summed E-state index contributed by atoms with van der Waals surface area (Å²) in [6.07, 6.45) is 4.67. The number of nitrogens with zero attached hydrogens (tertiary/aromatic N) is 1. The number of benzene rings is 3. The van der Waals surface area contributed by atoms with Gasteiger partial charge >= 0.3 is 0 Å². The summed E-state index contributed by atoms with van der Waals surface area (Å²) in [6, 6.07) is 25.4. The van der Waals surface area contributed by atoms with Crippen LogP contribution in [0.15, 0.2) is 78.9 Å². The molecular weight excluding hydrogens is 416 g/mol. The highest BCUT2D eigenvalue weighted by Crippen LogP contribution is 2.41. The van der Waals surface area contributed by atoms with Crippen LogP contribution in [0.2, 0.25) is 0 Å². The van der Waals surface area contributed by atoms with Crippen LogP contribution in [0.5, 0.6) is 0 Å². The molecule has 2 amide bonds. The van der Waals surface area contributed by atoms with Crippen LogP contribution in [-0.2, 0) is 11.2 Å². The standard InChI is InChI=1S/C27H28N2O2S/c1-2-3-5-8-20-11-13-21(14-12-20)26(31)28-23-17-15-22(16-18-23)27-29(25(30)19-32-27)24-9-6-4-7-10-24/h4,6-7,9-18,27H,2-3,5,8,19H2,1H3,(H,28,31)/t27-/m0/s1. The average molecular weight is 445 g/mol. The Morgan fingerprint density at radius 3 is 2.38 bits per heavy atom. The van der Waals surface area contributed by atoms with Crippen LogP contribution in [0, 0.1) is 0 Å². The van der Waals surface area contributed by atoms with Crippen LogP contribution in [0.4, 0.5) is 11.4 Å². The van der Waals surface area contributed by atoms with Crippen molar-refractivity contribution in [1.82, 2.24) is 0 Å². The first kappa shape index (κ1) is 22.2. The maximum absolute atomic E-state index is 12.6. The number of carbonyl (C=O) groups excluding carboxylic acids is 2. The molecule has 0 bridgehead atoms. The molecule has 1 fully saturated rings. The molecule has 1 aliphatic rings. The van der Waals surface area contributed by atoms with Gasteiger partial charge in [0.2, 0.25) is 5.91 Å². The Balaban J connectivity index is 1.40. The summed E-state index contributed by atoms with van der Waals surface area (Å²) in [6.45, 7) is 2.20. The van der Waals surface area contributed by atoms with Gasteiger partial charge in [-0.3, -0.25) is 14.5 Å². The highest BCUT2D eigenvalue weighted by molar-refractivity contribution is 8.00. The third kappa shape index (κ3) is 5.22. The van der Waals surface area contributed by atoms with Crippen LogP contribution in [0.25, 0.3) is 0 Å². The minimum absolute atomic E-state index is 0.0603. The van der Waals surface area contributed by atoms with Gasteiger partial charge in [0.05, 0.1) is 5.75 Å². The van der Waals surface area contributed by atoms with E-state index in [0.717, 1.165) is 23.4 Å². The summed E-state index contributed by atoms with van der Waals surface area (Å²) >= 11 is 1.62. The zero-order valence-corrected chi connectivity index (χ0v) is 19.1. The van der Waals surface area contributed by atoms with Crippen molar-refractivity contribution in [2.24, 2.45) is 0 Å². The summed E-state index contributed by atoms with van der Waals surface area (Å²) in [5.74, 6) is 0.461. The second-order valence-electron chi connectivity index (χ2n) is 7.99. The van der Waals surface area contributed by atoms with E-state index < -0.39 is 0 Å². The van der Waals surface area contributed by atoms with Crippen molar-refractivity contribution in [2.45, 2.75) is 38.0 Å². The molecule has 4 nitrogen and oxygen atoms in total. The zero-order valence-electron chi connectivity index (χ0n) is 18.3. The number of anilines is 2. The highest BCUT2D eigenvalue weighted by Gasteiger charge is 2.33. The maximum atomic E-state index is 12.6. The van der Waals surface area contributed by atoms with Gasteiger partial charge in [-0.1, -0.05) is 62.2 Å². The summed E-state index contributed by atoms with van der Waals surface area (Å²) in [5.41, 5.74) is 4.61. The van der Waals surface area contributed by atoms with Crippen molar-refractivity contribution in [3.05, 3.63) is 95.6 Å². The predicted octanol–water partition coefficient (Wildman–Crippen LogP) is 6.45. The Hall–Kier alpha value is -3.05. The largest absolute Gasteiger partial charge is 0.322 e. The fraction of sp³-hybridized carbons (Fsp3) is 0.259. The highest BCUT2D eigenvalue weighted by atomic mass is 32.2. The van der Waals surface area contributed by atoms with E-state index in [1.807, 2.05) is 83.8 Å². The lowest BCUT2D eigenvalue weighted by Gasteiger charge is -2.24. The average Bonchev–Trinajstić information content (AvgIpc) is 3.22. The van der Waals surface area contributed by atoms with E-state index in [4.69, 9.17) is 0 Å². The minimum atomic E-state index is -0.116. The van der Waals surface area contributed by atoms with Crippen LogP contribution in [-0.4, -0.2) is 17.6 Å². The Bertz CT molecular complexity index is 1050. The maximum Gasteiger partial charge on any atom is 0.255 e. The first-order chi connectivity index (χ1) is 15.7. The van der Waals surface area contributed by atoms with Gasteiger partial charge in [0, 0.05) is 16.9 Å². The van der Waals surface area contributed by atoms with Gasteiger partial charge in [0.25, 0.3) is 5.91 Å². The summed E-state index contributed by atoms with van der Waals surface area (Å²) in [4.78, 5) is 27.0. The first-order valence-corrected chi connectivity index (χ1v) is 12.2. The lowest BCUT2D eigenvalue weighted by Crippen LogP contribution is -2.27. The number of hydrogen-bond acceptors (Lipinski definition) is 3. The lowest BCUT2D eigenvalue weighted by atomic mass is 10.1. The van der Waals surface area contributed by atoms with E-state index in [0.29, 0.717) is 11.3 Å². The number of rotatable bonds is 8. The van der Waals surface area contributed by atoms with E-state index in [-0.39, 0.29) is 17.2 Å². The zero-order chi connectivity index (χ0) is 22.3. The lowest BCUT2D eigenvalue weighted by molar-refractivity contribution is -0.115. The minimum Gasteiger partial charge on any atom is -0.322 e. The fourth-order valence-corrected chi connectivity index (χ4v) is 5.05. The molecular formula is C27H28N2O2S. The molecule has 32 heavy (non-hydrogen) atoms. The van der Waals surface area contributed by atoms with E-state index >= 15 is 0 Å². The predicted molar refractivity (Wildman–Crippen MR) is 133 cm³/mol. The SMILES string of the molecule is CCCCCc1ccc(C(=O)Nc2ccc([C@@H]3SCC(=O)N3c3ccccc3)cc2)cc1. The monoisotopic (exact) mass is 444 g/mol. The van der Waals surface area contributed by atoms with Gasteiger partial charge in [0.1, 0.15) is 5.37 Å². The van der Waals surface area contributed by atoms with E-state index in [2.05, 4.69) is 12.2 Å². The molecule has 0 aliphatic carbocycles. The van der Waals surface area contributed by atoms with Crippen molar-refractivity contribution in [3.8, 4) is 0 Å².